The predicted octanol–water partition coefficient (Wildman–Crippen LogP) is 2.55. The van der Waals surface area contributed by atoms with Gasteiger partial charge in [-0.1, -0.05) is 6.42 Å². The molecule has 1 atom stereocenters. The summed E-state index contributed by atoms with van der Waals surface area (Å²) in [6, 6.07) is 3.61. The average molecular weight is 224 g/mol. The molecule has 0 unspecified atom stereocenters. The van der Waals surface area contributed by atoms with E-state index < -0.39 is 4.92 Å². The van der Waals surface area contributed by atoms with Crippen molar-refractivity contribution < 1.29 is 9.31 Å². The van der Waals surface area contributed by atoms with Crippen LogP contribution in [0.1, 0.15) is 30.9 Å². The van der Waals surface area contributed by atoms with E-state index in [0.29, 0.717) is 5.56 Å². The lowest BCUT2D eigenvalue weighted by atomic mass is 9.97. The largest absolute Gasteiger partial charge is 0.310 e. The number of nitrogens with one attached hydrogen (secondary N) is 1. The van der Waals surface area contributed by atoms with Crippen LogP contribution in [0.15, 0.2) is 18.2 Å². The number of hydrogen-bond acceptors (Lipinski definition) is 3. The minimum atomic E-state index is -0.494. The number of hydrogen-bond donors (Lipinski definition) is 1. The Morgan fingerprint density at radius 3 is 2.88 bits per heavy atom. The number of piperidine rings is 1. The molecule has 2 rings (SSSR count). The summed E-state index contributed by atoms with van der Waals surface area (Å²) in [5.74, 6) is -0.370. The smallest absolute Gasteiger partial charge is 0.269 e. The van der Waals surface area contributed by atoms with Gasteiger partial charge in [0.05, 0.1) is 4.92 Å². The molecule has 0 spiro atoms. The fraction of sp³-hybridized carbons (Fsp3) is 0.455. The summed E-state index contributed by atoms with van der Waals surface area (Å²) in [5, 5.41) is 13.8. The van der Waals surface area contributed by atoms with E-state index in [0.717, 1.165) is 25.8 Å². The Morgan fingerprint density at radius 1 is 1.44 bits per heavy atom. The van der Waals surface area contributed by atoms with E-state index in [1.807, 2.05) is 0 Å². The number of nitro benzene ring substituents is 1. The lowest BCUT2D eigenvalue weighted by molar-refractivity contribution is -0.385. The lowest BCUT2D eigenvalue weighted by Crippen LogP contribution is -2.27. The molecule has 1 aromatic carbocycles. The molecule has 1 aliphatic rings. The Balaban J connectivity index is 2.30. The van der Waals surface area contributed by atoms with Crippen molar-refractivity contribution in [1.29, 1.82) is 0 Å². The Bertz CT molecular complexity index is 403. The Hall–Kier alpha value is -1.49. The first kappa shape index (κ1) is 11.0. The Morgan fingerprint density at radius 2 is 2.25 bits per heavy atom. The number of nitro groups is 1. The van der Waals surface area contributed by atoms with E-state index >= 15 is 0 Å². The zero-order valence-corrected chi connectivity index (χ0v) is 8.78. The zero-order valence-electron chi connectivity index (χ0n) is 8.78. The van der Waals surface area contributed by atoms with Crippen molar-refractivity contribution in [3.8, 4) is 0 Å². The van der Waals surface area contributed by atoms with Crippen LogP contribution in [0.2, 0.25) is 0 Å². The van der Waals surface area contributed by atoms with Crippen molar-refractivity contribution >= 4 is 5.69 Å². The maximum atomic E-state index is 13.6. The molecule has 86 valence electrons. The maximum absolute atomic E-state index is 13.6. The van der Waals surface area contributed by atoms with Gasteiger partial charge in [0.1, 0.15) is 5.82 Å². The van der Waals surface area contributed by atoms with Crippen molar-refractivity contribution in [3.63, 3.8) is 0 Å². The van der Waals surface area contributed by atoms with Gasteiger partial charge >= 0.3 is 0 Å². The molecule has 0 saturated carbocycles. The van der Waals surface area contributed by atoms with Crippen molar-refractivity contribution in [2.24, 2.45) is 0 Å². The van der Waals surface area contributed by atoms with Crippen LogP contribution in [0.25, 0.3) is 0 Å². The SMILES string of the molecule is O=[N+]([O-])c1ccc(F)c([C@H]2CCCCN2)c1. The molecule has 4 nitrogen and oxygen atoms in total. The van der Waals surface area contributed by atoms with Crippen LogP contribution in [-0.2, 0) is 0 Å². The van der Waals surface area contributed by atoms with Crippen molar-refractivity contribution in [2.75, 3.05) is 6.54 Å². The highest BCUT2D eigenvalue weighted by atomic mass is 19.1. The summed E-state index contributed by atoms with van der Waals surface area (Å²) in [5.41, 5.74) is 0.359. The van der Waals surface area contributed by atoms with Gasteiger partial charge in [0.2, 0.25) is 0 Å². The van der Waals surface area contributed by atoms with Crippen LogP contribution in [0.5, 0.6) is 0 Å². The Kier molecular flexibility index (Phi) is 3.14. The number of rotatable bonds is 2. The molecule has 5 heteroatoms. The molecule has 1 saturated heterocycles. The standard InChI is InChI=1S/C11H13FN2O2/c12-10-5-4-8(14(15)16)7-9(10)11-3-1-2-6-13-11/h4-5,7,11,13H,1-3,6H2/t11-/m1/s1. The molecule has 1 heterocycles. The third-order valence-corrected chi connectivity index (χ3v) is 2.88. The van der Waals surface area contributed by atoms with E-state index in [9.17, 15) is 14.5 Å². The van der Waals surface area contributed by atoms with E-state index in [4.69, 9.17) is 0 Å². The number of halogens is 1. The van der Waals surface area contributed by atoms with Gasteiger partial charge in [0.15, 0.2) is 0 Å². The van der Waals surface area contributed by atoms with Gasteiger partial charge in [-0.2, -0.15) is 0 Å². The summed E-state index contributed by atoms with van der Waals surface area (Å²) in [7, 11) is 0. The fourth-order valence-electron chi connectivity index (χ4n) is 2.03. The lowest BCUT2D eigenvalue weighted by Gasteiger charge is -2.23. The Labute approximate surface area is 92.6 Å². The second kappa shape index (κ2) is 4.57. The van der Waals surface area contributed by atoms with Crippen LogP contribution < -0.4 is 5.32 Å². The summed E-state index contributed by atoms with van der Waals surface area (Å²) in [4.78, 5) is 10.1. The number of benzene rings is 1. The van der Waals surface area contributed by atoms with Gasteiger partial charge in [-0.05, 0) is 25.5 Å². The van der Waals surface area contributed by atoms with Crippen molar-refractivity contribution in [2.45, 2.75) is 25.3 Å². The molecular formula is C11H13FN2O2. The molecular weight excluding hydrogens is 211 g/mol. The van der Waals surface area contributed by atoms with Gasteiger partial charge in [-0.3, -0.25) is 10.1 Å². The third kappa shape index (κ3) is 2.19. The van der Waals surface area contributed by atoms with Gasteiger partial charge in [-0.15, -0.1) is 0 Å². The normalized spacial score (nSPS) is 20.7. The van der Waals surface area contributed by atoms with Crippen LogP contribution in [-0.4, -0.2) is 11.5 Å². The number of nitrogens with zero attached hydrogens (tertiary/aromatic N) is 1. The highest BCUT2D eigenvalue weighted by Crippen LogP contribution is 2.27. The van der Waals surface area contributed by atoms with Crippen molar-refractivity contribution in [1.82, 2.24) is 5.32 Å². The first-order valence-corrected chi connectivity index (χ1v) is 5.35. The van der Waals surface area contributed by atoms with Gasteiger partial charge < -0.3 is 5.32 Å². The van der Waals surface area contributed by atoms with Crippen molar-refractivity contribution in [3.05, 3.63) is 39.7 Å². The molecule has 0 radical (unpaired) electrons. The van der Waals surface area contributed by atoms with E-state index in [1.165, 1.54) is 18.2 Å². The zero-order chi connectivity index (χ0) is 11.5. The summed E-state index contributed by atoms with van der Waals surface area (Å²) in [6.45, 7) is 0.840. The first-order chi connectivity index (χ1) is 7.68. The minimum Gasteiger partial charge on any atom is -0.310 e. The van der Waals surface area contributed by atoms with Gasteiger partial charge in [0.25, 0.3) is 5.69 Å². The number of non-ortho nitro benzene ring substituents is 1. The van der Waals surface area contributed by atoms with Crippen LogP contribution >= 0.6 is 0 Å². The summed E-state index contributed by atoms with van der Waals surface area (Å²) in [6.07, 6.45) is 2.94. The molecule has 0 amide bonds. The second-order valence-corrected chi connectivity index (χ2v) is 3.97. The average Bonchev–Trinajstić information content (AvgIpc) is 2.30. The molecule has 1 fully saturated rings. The third-order valence-electron chi connectivity index (χ3n) is 2.88. The first-order valence-electron chi connectivity index (χ1n) is 5.35. The fourth-order valence-corrected chi connectivity index (χ4v) is 2.03. The maximum Gasteiger partial charge on any atom is 0.269 e. The molecule has 1 aromatic rings. The summed E-state index contributed by atoms with van der Waals surface area (Å²) < 4.78 is 13.6. The highest BCUT2D eigenvalue weighted by Gasteiger charge is 2.20. The molecule has 0 aromatic heterocycles. The van der Waals surface area contributed by atoms with Gasteiger partial charge in [0, 0.05) is 23.7 Å². The van der Waals surface area contributed by atoms with E-state index in [2.05, 4.69) is 5.32 Å². The molecule has 0 bridgehead atoms. The van der Waals surface area contributed by atoms with E-state index in [-0.39, 0.29) is 17.5 Å². The van der Waals surface area contributed by atoms with Crippen LogP contribution in [0, 0.1) is 15.9 Å². The monoisotopic (exact) mass is 224 g/mol. The molecule has 16 heavy (non-hydrogen) atoms. The topological polar surface area (TPSA) is 55.2 Å². The summed E-state index contributed by atoms with van der Waals surface area (Å²) >= 11 is 0. The minimum absolute atomic E-state index is 0.0521. The van der Waals surface area contributed by atoms with Crippen LogP contribution in [0.4, 0.5) is 10.1 Å². The van der Waals surface area contributed by atoms with E-state index in [1.54, 1.807) is 0 Å². The predicted molar refractivity (Wildman–Crippen MR) is 57.6 cm³/mol. The molecule has 0 aliphatic carbocycles. The molecule has 1 aliphatic heterocycles. The molecule has 1 N–H and O–H groups in total. The van der Waals surface area contributed by atoms with Gasteiger partial charge in [-0.25, -0.2) is 4.39 Å². The quantitative estimate of drug-likeness (QED) is 0.620. The highest BCUT2D eigenvalue weighted by molar-refractivity contribution is 5.37. The van der Waals surface area contributed by atoms with Crippen LogP contribution in [0.3, 0.4) is 0 Å². The second-order valence-electron chi connectivity index (χ2n) is 3.97.